The van der Waals surface area contributed by atoms with Crippen molar-refractivity contribution in [1.82, 2.24) is 4.98 Å². The molecule has 5 heteroatoms. The number of aromatic nitrogens is 1. The van der Waals surface area contributed by atoms with Gasteiger partial charge >= 0.3 is 6.98 Å². The SMILES string of the molecule is CCc1ncccc1/C=C/[B-](F)(F)F. The first-order chi connectivity index (χ1) is 6.53. The molecule has 1 heterocycles. The Labute approximate surface area is 80.7 Å². The molecule has 0 atom stereocenters. The van der Waals surface area contributed by atoms with E-state index in [0.717, 1.165) is 6.08 Å². The molecule has 0 radical (unpaired) electrons. The Hall–Kier alpha value is -1.26. The third-order valence-electron chi connectivity index (χ3n) is 1.75. The lowest BCUT2D eigenvalue weighted by atomic mass is 9.90. The summed E-state index contributed by atoms with van der Waals surface area (Å²) in [4.78, 5) is 3.99. The highest BCUT2D eigenvalue weighted by Crippen LogP contribution is 2.14. The molecule has 1 nitrogen and oxygen atoms in total. The Morgan fingerprint density at radius 2 is 2.14 bits per heavy atom. The smallest absolute Gasteiger partial charge is 0.445 e. The molecular weight excluding hydrogens is 190 g/mol. The lowest BCUT2D eigenvalue weighted by Gasteiger charge is -2.07. The first-order valence-corrected chi connectivity index (χ1v) is 4.36. The third kappa shape index (κ3) is 3.24. The number of aryl methyl sites for hydroxylation is 1. The summed E-state index contributed by atoms with van der Waals surface area (Å²) in [6, 6.07) is 3.26. The van der Waals surface area contributed by atoms with Crippen LogP contribution in [-0.2, 0) is 6.42 Å². The monoisotopic (exact) mass is 200 g/mol. The summed E-state index contributed by atoms with van der Waals surface area (Å²) < 4.78 is 35.8. The maximum atomic E-state index is 11.9. The van der Waals surface area contributed by atoms with Gasteiger partial charge in [0.25, 0.3) is 0 Å². The molecule has 0 unspecified atom stereocenters. The topological polar surface area (TPSA) is 12.9 Å². The van der Waals surface area contributed by atoms with Gasteiger partial charge in [-0.05, 0) is 18.1 Å². The molecule has 0 fully saturated rings. The van der Waals surface area contributed by atoms with E-state index in [1.807, 2.05) is 6.92 Å². The average Bonchev–Trinajstić information content (AvgIpc) is 2.14. The van der Waals surface area contributed by atoms with Crippen LogP contribution in [0.1, 0.15) is 18.2 Å². The van der Waals surface area contributed by atoms with E-state index in [1.54, 1.807) is 18.3 Å². The van der Waals surface area contributed by atoms with Gasteiger partial charge in [-0.3, -0.25) is 4.98 Å². The highest BCUT2D eigenvalue weighted by Gasteiger charge is 2.17. The molecule has 1 aromatic heterocycles. The molecule has 1 aromatic rings. The van der Waals surface area contributed by atoms with Gasteiger partial charge in [-0.1, -0.05) is 19.1 Å². The van der Waals surface area contributed by atoms with E-state index >= 15 is 0 Å². The summed E-state index contributed by atoms with van der Waals surface area (Å²) in [5.41, 5.74) is 1.22. The van der Waals surface area contributed by atoms with Crippen LogP contribution in [0.15, 0.2) is 24.3 Å². The second-order valence-electron chi connectivity index (χ2n) is 2.88. The van der Waals surface area contributed by atoms with Crippen molar-refractivity contribution in [3.63, 3.8) is 0 Å². The summed E-state index contributed by atoms with van der Waals surface area (Å²) in [6.45, 7) is -3.00. The molecule has 0 N–H and O–H groups in total. The molecule has 0 aromatic carbocycles. The fourth-order valence-corrected chi connectivity index (χ4v) is 1.11. The van der Waals surface area contributed by atoms with Gasteiger partial charge in [-0.15, -0.1) is 5.98 Å². The molecule has 0 aliphatic rings. The van der Waals surface area contributed by atoms with Crippen molar-refractivity contribution >= 4 is 13.1 Å². The molecule has 1 rings (SSSR count). The van der Waals surface area contributed by atoms with Crippen molar-refractivity contribution in [3.05, 3.63) is 35.6 Å². The van der Waals surface area contributed by atoms with Gasteiger partial charge in [-0.2, -0.15) is 0 Å². The normalized spacial score (nSPS) is 12.3. The molecule has 14 heavy (non-hydrogen) atoms. The van der Waals surface area contributed by atoms with Gasteiger partial charge in [0, 0.05) is 11.9 Å². The van der Waals surface area contributed by atoms with Crippen molar-refractivity contribution in [1.29, 1.82) is 0 Å². The van der Waals surface area contributed by atoms with Crippen molar-refractivity contribution < 1.29 is 12.9 Å². The number of rotatable bonds is 3. The third-order valence-corrected chi connectivity index (χ3v) is 1.75. The Morgan fingerprint density at radius 3 is 2.71 bits per heavy atom. The Balaban J connectivity index is 2.91. The van der Waals surface area contributed by atoms with Gasteiger partial charge < -0.3 is 12.9 Å². The Morgan fingerprint density at radius 1 is 1.43 bits per heavy atom. The van der Waals surface area contributed by atoms with Crippen molar-refractivity contribution in [3.8, 4) is 0 Å². The maximum absolute atomic E-state index is 11.9. The minimum atomic E-state index is -4.86. The summed E-state index contributed by atoms with van der Waals surface area (Å²) in [5, 5.41) is 0. The summed E-state index contributed by atoms with van der Waals surface area (Å²) in [5.74, 6) is 0.288. The molecule has 0 bridgehead atoms. The van der Waals surface area contributed by atoms with Crippen LogP contribution in [0.25, 0.3) is 6.08 Å². The first-order valence-electron chi connectivity index (χ1n) is 4.36. The lowest BCUT2D eigenvalue weighted by molar-refractivity contribution is 0.499. The van der Waals surface area contributed by atoms with Gasteiger partial charge in [0.2, 0.25) is 0 Å². The summed E-state index contributed by atoms with van der Waals surface area (Å²) >= 11 is 0. The summed E-state index contributed by atoms with van der Waals surface area (Å²) in [7, 11) is 0. The van der Waals surface area contributed by atoms with E-state index in [0.29, 0.717) is 17.7 Å². The van der Waals surface area contributed by atoms with E-state index in [9.17, 15) is 12.9 Å². The lowest BCUT2D eigenvalue weighted by Crippen LogP contribution is -2.09. The predicted molar refractivity (Wildman–Crippen MR) is 51.7 cm³/mol. The van der Waals surface area contributed by atoms with Crippen LogP contribution in [0.2, 0.25) is 0 Å². The average molecular weight is 200 g/mol. The molecule has 0 saturated heterocycles. The van der Waals surface area contributed by atoms with Crippen molar-refractivity contribution in [2.24, 2.45) is 0 Å². The van der Waals surface area contributed by atoms with Crippen LogP contribution in [0.4, 0.5) is 12.9 Å². The number of halogens is 3. The van der Waals surface area contributed by atoms with Gasteiger partial charge in [-0.25, -0.2) is 0 Å². The van der Waals surface area contributed by atoms with Crippen LogP contribution < -0.4 is 0 Å². The first kappa shape index (κ1) is 10.8. The zero-order valence-corrected chi connectivity index (χ0v) is 7.75. The molecule has 0 amide bonds. The fraction of sp³-hybridized carbons (Fsp3) is 0.222. The zero-order chi connectivity index (χ0) is 10.6. The standard InChI is InChI=1S/C9H10BF3N/c1-2-9-8(4-3-7-14-9)5-6-10(11,12)13/h3-7H,2H2,1H3/q-1/b6-5+. The van der Waals surface area contributed by atoms with E-state index in [4.69, 9.17) is 0 Å². The highest BCUT2D eigenvalue weighted by molar-refractivity contribution is 6.64. The fourth-order valence-electron chi connectivity index (χ4n) is 1.11. The van der Waals surface area contributed by atoms with Crippen molar-refractivity contribution in [2.45, 2.75) is 13.3 Å². The predicted octanol–water partition coefficient (Wildman–Crippen LogP) is 3.04. The minimum absolute atomic E-state index is 0.288. The van der Waals surface area contributed by atoms with Crippen LogP contribution in [-0.4, -0.2) is 12.0 Å². The highest BCUT2D eigenvalue weighted by atomic mass is 19.4. The van der Waals surface area contributed by atoms with Crippen LogP contribution >= 0.6 is 0 Å². The quantitative estimate of drug-likeness (QED) is 0.683. The number of pyridine rings is 1. The van der Waals surface area contributed by atoms with Crippen molar-refractivity contribution in [2.75, 3.05) is 0 Å². The number of hydrogen-bond acceptors (Lipinski definition) is 1. The maximum Gasteiger partial charge on any atom is 0.502 e. The van der Waals surface area contributed by atoms with E-state index in [-0.39, 0.29) is 5.98 Å². The van der Waals surface area contributed by atoms with Crippen LogP contribution in [0.5, 0.6) is 0 Å². The van der Waals surface area contributed by atoms with E-state index < -0.39 is 6.98 Å². The zero-order valence-electron chi connectivity index (χ0n) is 7.75. The molecule has 76 valence electrons. The Kier molecular flexibility index (Phi) is 3.33. The summed E-state index contributed by atoms with van der Waals surface area (Å²) in [6.07, 6.45) is 3.28. The molecule has 0 saturated carbocycles. The van der Waals surface area contributed by atoms with Gasteiger partial charge in [0.05, 0.1) is 0 Å². The number of hydrogen-bond donors (Lipinski definition) is 0. The second-order valence-corrected chi connectivity index (χ2v) is 2.88. The Bertz CT molecular complexity index is 333. The largest absolute Gasteiger partial charge is 0.502 e. The number of nitrogens with zero attached hydrogens (tertiary/aromatic N) is 1. The minimum Gasteiger partial charge on any atom is -0.445 e. The second kappa shape index (κ2) is 4.31. The van der Waals surface area contributed by atoms with E-state index in [1.165, 1.54) is 0 Å². The van der Waals surface area contributed by atoms with E-state index in [2.05, 4.69) is 4.98 Å². The van der Waals surface area contributed by atoms with Gasteiger partial charge in [0.15, 0.2) is 0 Å². The molecule has 0 aliphatic heterocycles. The molecular formula is C9H10BF3N-. The molecule has 0 spiro atoms. The molecule has 0 aliphatic carbocycles. The van der Waals surface area contributed by atoms with Crippen LogP contribution in [0.3, 0.4) is 0 Å². The van der Waals surface area contributed by atoms with Crippen LogP contribution in [0, 0.1) is 0 Å². The van der Waals surface area contributed by atoms with Gasteiger partial charge in [0.1, 0.15) is 0 Å².